The van der Waals surface area contributed by atoms with Gasteiger partial charge < -0.3 is 19.7 Å². The van der Waals surface area contributed by atoms with E-state index >= 15 is 0 Å². The summed E-state index contributed by atoms with van der Waals surface area (Å²) in [6.45, 7) is 0.269. The Bertz CT molecular complexity index is 637. The molecule has 0 atom stereocenters. The second kappa shape index (κ2) is 6.56. The summed E-state index contributed by atoms with van der Waals surface area (Å²) >= 11 is 0. The van der Waals surface area contributed by atoms with Crippen LogP contribution in [-0.2, 0) is 24.9 Å². The van der Waals surface area contributed by atoms with Gasteiger partial charge in [-0.15, -0.1) is 0 Å². The molecule has 0 fully saturated rings. The minimum absolute atomic E-state index is 0.0630. The summed E-state index contributed by atoms with van der Waals surface area (Å²) in [5, 5.41) is 11.3. The predicted octanol–water partition coefficient (Wildman–Crippen LogP) is 1.54. The first kappa shape index (κ1) is 14.6. The summed E-state index contributed by atoms with van der Waals surface area (Å²) < 4.78 is 6.58. The number of aryl methyl sites for hydroxylation is 1. The van der Waals surface area contributed by atoms with Gasteiger partial charge in [0.1, 0.15) is 12.4 Å². The van der Waals surface area contributed by atoms with Gasteiger partial charge in [-0.05, 0) is 5.56 Å². The number of nitrogens with zero attached hydrogens (tertiary/aromatic N) is 2. The molecule has 0 unspecified atom stereocenters. The Balaban J connectivity index is 1.82. The van der Waals surface area contributed by atoms with Crippen molar-refractivity contribution in [2.45, 2.75) is 13.2 Å². The fourth-order valence-electron chi connectivity index (χ4n) is 1.70. The molecule has 110 valence electrons. The fraction of sp³-hybridized carbons (Fsp3) is 0.214. The monoisotopic (exact) mass is 289 g/mol. The summed E-state index contributed by atoms with van der Waals surface area (Å²) in [7, 11) is 1.66. The highest BCUT2D eigenvalue weighted by Crippen LogP contribution is 2.03. The zero-order valence-corrected chi connectivity index (χ0v) is 11.4. The van der Waals surface area contributed by atoms with Gasteiger partial charge in [-0.2, -0.15) is 0 Å². The number of aromatic nitrogens is 2. The number of ether oxygens (including phenoxy) is 1. The lowest BCUT2D eigenvalue weighted by Gasteiger charge is -2.07. The smallest absolute Gasteiger partial charge is 0.407 e. The van der Waals surface area contributed by atoms with Crippen molar-refractivity contribution >= 4 is 12.1 Å². The Labute approximate surface area is 121 Å². The van der Waals surface area contributed by atoms with Crippen molar-refractivity contribution in [3.05, 3.63) is 53.6 Å². The van der Waals surface area contributed by atoms with Gasteiger partial charge in [-0.3, -0.25) is 0 Å². The number of carbonyl (C=O) groups is 2. The number of hydrogen-bond acceptors (Lipinski definition) is 4. The zero-order chi connectivity index (χ0) is 15.2. The molecular formula is C14H15N3O4. The molecule has 1 aromatic heterocycles. The van der Waals surface area contributed by atoms with Crippen LogP contribution in [0.4, 0.5) is 4.79 Å². The van der Waals surface area contributed by atoms with Crippen molar-refractivity contribution < 1.29 is 19.4 Å². The molecule has 1 amide bonds. The number of rotatable bonds is 5. The number of amides is 1. The number of imidazole rings is 1. The van der Waals surface area contributed by atoms with E-state index in [1.54, 1.807) is 11.6 Å². The third-order valence-electron chi connectivity index (χ3n) is 2.80. The average Bonchev–Trinajstić information content (AvgIpc) is 2.85. The maximum atomic E-state index is 11.6. The Morgan fingerprint density at radius 2 is 2.05 bits per heavy atom. The first-order chi connectivity index (χ1) is 10.1. The highest BCUT2D eigenvalue weighted by molar-refractivity contribution is 5.85. The number of aromatic carboxylic acids is 1. The molecule has 0 bridgehead atoms. The van der Waals surface area contributed by atoms with Gasteiger partial charge in [0, 0.05) is 13.2 Å². The van der Waals surface area contributed by atoms with Crippen LogP contribution >= 0.6 is 0 Å². The lowest BCUT2D eigenvalue weighted by atomic mass is 10.2. The summed E-state index contributed by atoms with van der Waals surface area (Å²) in [4.78, 5) is 26.2. The van der Waals surface area contributed by atoms with Crippen LogP contribution in [0.2, 0.25) is 0 Å². The van der Waals surface area contributed by atoms with Crippen molar-refractivity contribution in [2.75, 3.05) is 0 Å². The van der Waals surface area contributed by atoms with Gasteiger partial charge in [-0.1, -0.05) is 30.3 Å². The van der Waals surface area contributed by atoms with Crippen LogP contribution in [0.5, 0.6) is 0 Å². The van der Waals surface area contributed by atoms with Crippen LogP contribution < -0.4 is 5.32 Å². The van der Waals surface area contributed by atoms with E-state index in [1.165, 1.54) is 6.20 Å². The molecule has 0 saturated heterocycles. The minimum atomic E-state index is -1.11. The molecule has 0 aliphatic carbocycles. The van der Waals surface area contributed by atoms with Gasteiger partial charge in [0.2, 0.25) is 0 Å². The predicted molar refractivity (Wildman–Crippen MR) is 73.6 cm³/mol. The van der Waals surface area contributed by atoms with Gasteiger partial charge >= 0.3 is 12.1 Å². The highest BCUT2D eigenvalue weighted by atomic mass is 16.5. The SMILES string of the molecule is Cn1cc(C(=O)O)nc1CNC(=O)OCc1ccccc1. The van der Waals surface area contributed by atoms with Gasteiger partial charge in [0.15, 0.2) is 5.69 Å². The molecule has 2 N–H and O–H groups in total. The van der Waals surface area contributed by atoms with Crippen molar-refractivity contribution in [1.82, 2.24) is 14.9 Å². The number of carbonyl (C=O) groups excluding carboxylic acids is 1. The van der Waals surface area contributed by atoms with E-state index in [9.17, 15) is 9.59 Å². The van der Waals surface area contributed by atoms with Crippen LogP contribution in [0.3, 0.4) is 0 Å². The van der Waals surface area contributed by atoms with E-state index in [2.05, 4.69) is 10.3 Å². The standard InChI is InChI=1S/C14H15N3O4/c1-17-8-11(13(18)19)16-12(17)7-15-14(20)21-9-10-5-3-2-4-6-10/h2-6,8H,7,9H2,1H3,(H,15,20)(H,18,19). The number of alkyl carbamates (subject to hydrolysis) is 1. The van der Waals surface area contributed by atoms with E-state index in [0.717, 1.165) is 5.56 Å². The number of carboxylic acids is 1. The fourth-order valence-corrected chi connectivity index (χ4v) is 1.70. The molecule has 0 aliphatic heterocycles. The van der Waals surface area contributed by atoms with Gasteiger partial charge in [0.25, 0.3) is 0 Å². The largest absolute Gasteiger partial charge is 0.476 e. The van der Waals surface area contributed by atoms with Crippen LogP contribution in [0, 0.1) is 0 Å². The summed E-state index contributed by atoms with van der Waals surface area (Å²) in [5.41, 5.74) is 0.824. The van der Waals surface area contributed by atoms with Gasteiger partial charge in [0.05, 0.1) is 6.54 Å². The molecular weight excluding hydrogens is 274 g/mol. The zero-order valence-electron chi connectivity index (χ0n) is 11.4. The molecule has 0 spiro atoms. The number of nitrogens with one attached hydrogen (secondary N) is 1. The van der Waals surface area contributed by atoms with E-state index in [0.29, 0.717) is 5.82 Å². The van der Waals surface area contributed by atoms with Crippen molar-refractivity contribution in [2.24, 2.45) is 7.05 Å². The molecule has 0 saturated carbocycles. The third-order valence-corrected chi connectivity index (χ3v) is 2.80. The maximum absolute atomic E-state index is 11.6. The number of benzene rings is 1. The number of hydrogen-bond donors (Lipinski definition) is 2. The molecule has 7 heteroatoms. The van der Waals surface area contributed by atoms with E-state index in [1.807, 2.05) is 30.3 Å². The molecule has 1 heterocycles. The molecule has 2 aromatic rings. The molecule has 21 heavy (non-hydrogen) atoms. The van der Waals surface area contributed by atoms with Crippen LogP contribution in [0.1, 0.15) is 21.9 Å². The topological polar surface area (TPSA) is 93.5 Å². The Kier molecular flexibility index (Phi) is 4.55. The summed E-state index contributed by atoms with van der Waals surface area (Å²) in [6, 6.07) is 9.30. The Morgan fingerprint density at radius 1 is 1.33 bits per heavy atom. The van der Waals surface area contributed by atoms with Crippen molar-refractivity contribution in [1.29, 1.82) is 0 Å². The lowest BCUT2D eigenvalue weighted by Crippen LogP contribution is -2.25. The highest BCUT2D eigenvalue weighted by Gasteiger charge is 2.12. The summed E-state index contributed by atoms with van der Waals surface area (Å²) in [6.07, 6.45) is 0.799. The minimum Gasteiger partial charge on any atom is -0.476 e. The number of carboxylic acid groups (broad SMARTS) is 1. The second-order valence-electron chi connectivity index (χ2n) is 4.37. The molecule has 1 aromatic carbocycles. The average molecular weight is 289 g/mol. The summed E-state index contributed by atoms with van der Waals surface area (Å²) in [5.74, 6) is -0.674. The van der Waals surface area contributed by atoms with Crippen LogP contribution in [0.15, 0.2) is 36.5 Å². The quantitative estimate of drug-likeness (QED) is 0.871. The Morgan fingerprint density at radius 3 is 2.67 bits per heavy atom. The second-order valence-corrected chi connectivity index (χ2v) is 4.37. The first-order valence-electron chi connectivity index (χ1n) is 6.26. The Hall–Kier alpha value is -2.83. The van der Waals surface area contributed by atoms with Crippen molar-refractivity contribution in [3.63, 3.8) is 0 Å². The molecule has 7 nitrogen and oxygen atoms in total. The first-order valence-corrected chi connectivity index (χ1v) is 6.26. The van der Waals surface area contributed by atoms with Crippen LogP contribution in [0.25, 0.3) is 0 Å². The van der Waals surface area contributed by atoms with E-state index in [-0.39, 0.29) is 18.8 Å². The molecule has 0 radical (unpaired) electrons. The molecule has 0 aliphatic rings. The van der Waals surface area contributed by atoms with E-state index in [4.69, 9.17) is 9.84 Å². The van der Waals surface area contributed by atoms with Gasteiger partial charge in [-0.25, -0.2) is 14.6 Å². The molecule has 2 rings (SSSR count). The van der Waals surface area contributed by atoms with Crippen LogP contribution in [-0.4, -0.2) is 26.7 Å². The van der Waals surface area contributed by atoms with Crippen molar-refractivity contribution in [3.8, 4) is 0 Å². The lowest BCUT2D eigenvalue weighted by molar-refractivity contribution is 0.0691. The third kappa shape index (κ3) is 4.07. The normalized spacial score (nSPS) is 10.1. The maximum Gasteiger partial charge on any atom is 0.407 e. The van der Waals surface area contributed by atoms with E-state index < -0.39 is 12.1 Å².